The summed E-state index contributed by atoms with van der Waals surface area (Å²) in [6.07, 6.45) is 19.8. The quantitative estimate of drug-likeness (QED) is 0.0489. The van der Waals surface area contributed by atoms with E-state index < -0.39 is 24.3 Å². The number of carbonyl (C=O) groups excluding carboxylic acids is 1. The molecule has 2 aliphatic heterocycles. The molecule has 1 aromatic rings. The minimum absolute atomic E-state index is 0.0985. The van der Waals surface area contributed by atoms with Crippen molar-refractivity contribution in [3.8, 4) is 11.5 Å². The Hall–Kier alpha value is -2.65. The summed E-state index contributed by atoms with van der Waals surface area (Å²) >= 11 is 0. The zero-order valence-corrected chi connectivity index (χ0v) is 29.2. The molecular weight excluding hydrogens is 612 g/mol. The Morgan fingerprint density at radius 2 is 1.56 bits per heavy atom. The molecule has 0 aromatic heterocycles. The van der Waals surface area contributed by atoms with Crippen molar-refractivity contribution >= 4 is 5.97 Å². The van der Waals surface area contributed by atoms with Crippen LogP contribution in [0, 0.1) is 11.8 Å². The van der Waals surface area contributed by atoms with Gasteiger partial charge >= 0.3 is 5.97 Å². The number of aliphatic hydroxyl groups excluding tert-OH is 1. The fourth-order valence-electron chi connectivity index (χ4n) is 6.49. The molecule has 0 bridgehead atoms. The first kappa shape index (κ1) is 38.2. The Kier molecular flexibility index (Phi) is 17.0. The maximum absolute atomic E-state index is 13.1. The van der Waals surface area contributed by atoms with Crippen molar-refractivity contribution in [1.29, 1.82) is 0 Å². The third kappa shape index (κ3) is 12.7. The molecule has 4 rings (SSSR count). The molecule has 1 saturated carbocycles. The maximum atomic E-state index is 13.1. The molecule has 1 aromatic carbocycles. The van der Waals surface area contributed by atoms with Gasteiger partial charge in [0.05, 0.1) is 26.4 Å². The number of aliphatic hydroxyl groups is 1. The summed E-state index contributed by atoms with van der Waals surface area (Å²) in [4.78, 5) is 13.1. The van der Waals surface area contributed by atoms with Crippen molar-refractivity contribution in [2.45, 2.75) is 128 Å². The average Bonchev–Trinajstić information content (AvgIpc) is 3.47. The van der Waals surface area contributed by atoms with E-state index in [0.717, 1.165) is 69.5 Å². The lowest BCUT2D eigenvalue weighted by atomic mass is 9.91. The summed E-state index contributed by atoms with van der Waals surface area (Å²) in [5.41, 5.74) is 3.22. The van der Waals surface area contributed by atoms with E-state index in [1.54, 1.807) is 6.08 Å². The highest BCUT2D eigenvalue weighted by molar-refractivity contribution is 5.78. The molecule has 0 spiro atoms. The highest BCUT2D eigenvalue weighted by atomic mass is 16.8. The molecule has 3 fully saturated rings. The van der Waals surface area contributed by atoms with E-state index in [1.807, 2.05) is 30.3 Å². The third-order valence-corrected chi connectivity index (χ3v) is 9.28. The number of esters is 1. The first-order chi connectivity index (χ1) is 23.5. The van der Waals surface area contributed by atoms with E-state index in [1.165, 1.54) is 26.4 Å². The van der Waals surface area contributed by atoms with Crippen molar-refractivity contribution in [1.82, 2.24) is 0 Å². The number of carbonyl (C=O) groups is 1. The second kappa shape index (κ2) is 21.4. The topological polar surface area (TPSA) is 102 Å². The highest BCUT2D eigenvalue weighted by Crippen LogP contribution is 2.36. The van der Waals surface area contributed by atoms with Crippen molar-refractivity contribution in [3.63, 3.8) is 0 Å². The van der Waals surface area contributed by atoms with Gasteiger partial charge in [-0.05, 0) is 119 Å². The van der Waals surface area contributed by atoms with E-state index >= 15 is 0 Å². The van der Waals surface area contributed by atoms with Gasteiger partial charge in [0, 0.05) is 19.6 Å². The molecule has 48 heavy (non-hydrogen) atoms. The smallest absolute Gasteiger partial charge is 0.367 e. The molecule has 268 valence electrons. The van der Waals surface area contributed by atoms with Crippen molar-refractivity contribution in [2.24, 2.45) is 11.8 Å². The summed E-state index contributed by atoms with van der Waals surface area (Å²) < 4.78 is 40.9. The fourth-order valence-corrected chi connectivity index (χ4v) is 6.49. The van der Waals surface area contributed by atoms with E-state index in [4.69, 9.17) is 33.2 Å². The van der Waals surface area contributed by atoms with Gasteiger partial charge in [-0.25, -0.2) is 4.79 Å². The highest BCUT2D eigenvalue weighted by Gasteiger charge is 2.47. The molecule has 0 radical (unpaired) electrons. The molecule has 0 amide bonds. The lowest BCUT2D eigenvalue weighted by Gasteiger charge is -2.38. The van der Waals surface area contributed by atoms with Crippen LogP contribution in [0.1, 0.15) is 103 Å². The molecule has 9 heteroatoms. The summed E-state index contributed by atoms with van der Waals surface area (Å²) in [7, 11) is 1.33. The number of hydrogen-bond acceptors (Lipinski definition) is 9. The zero-order chi connectivity index (χ0) is 33.9. The van der Waals surface area contributed by atoms with Gasteiger partial charge in [0.15, 0.2) is 12.6 Å². The van der Waals surface area contributed by atoms with Crippen LogP contribution in [0.3, 0.4) is 0 Å². The molecule has 2 unspecified atom stereocenters. The Balaban J connectivity index is 1.26. The Morgan fingerprint density at radius 3 is 2.17 bits per heavy atom. The number of hydrogen-bond donors (Lipinski definition) is 1. The predicted octanol–water partition coefficient (Wildman–Crippen LogP) is 7.81. The summed E-state index contributed by atoms with van der Waals surface area (Å²) in [6, 6.07) is 7.83. The standard InChI is InChI=1S/C39H58O9/c1-3-4-5-12-27-43-32-21-23-33(24-22-32)44-28-13-8-16-31-20-25-35(40)34(31)17-7-6-11-26-39(38(41)42-2,47-36-18-9-14-29-45-36)48-37-19-10-15-30-46-37/h7-8,11,16,21-24,31,34-37,40H,3-5,9-10,12-15,17-20,25-30H2,1-2H3/b16-8+/t6?,31-,34+,35-,36?,37?,39?/m0/s1. The van der Waals surface area contributed by atoms with Crippen LogP contribution in [0.4, 0.5) is 0 Å². The van der Waals surface area contributed by atoms with Crippen LogP contribution < -0.4 is 9.47 Å². The summed E-state index contributed by atoms with van der Waals surface area (Å²) in [5.74, 6) is -0.230. The number of unbranched alkanes of at least 4 members (excludes halogenated alkanes) is 3. The zero-order valence-electron chi connectivity index (χ0n) is 29.2. The normalized spacial score (nSPS) is 25.6. The van der Waals surface area contributed by atoms with Crippen molar-refractivity contribution < 1.29 is 43.1 Å². The van der Waals surface area contributed by atoms with Gasteiger partial charge in [-0.1, -0.05) is 38.3 Å². The molecule has 1 aliphatic carbocycles. The molecule has 2 heterocycles. The Morgan fingerprint density at radius 1 is 0.896 bits per heavy atom. The van der Waals surface area contributed by atoms with Crippen LogP contribution in [0.15, 0.2) is 54.3 Å². The molecule has 3 aliphatic rings. The molecule has 9 nitrogen and oxygen atoms in total. The first-order valence-electron chi connectivity index (χ1n) is 18.3. The number of methoxy groups -OCH3 is 1. The molecule has 1 N–H and O–H groups in total. The second-order valence-electron chi connectivity index (χ2n) is 13.0. The van der Waals surface area contributed by atoms with E-state index in [2.05, 4.69) is 24.8 Å². The second-order valence-corrected chi connectivity index (χ2v) is 13.0. The summed E-state index contributed by atoms with van der Waals surface area (Å²) in [5, 5.41) is 10.7. The van der Waals surface area contributed by atoms with Gasteiger partial charge in [0.25, 0.3) is 5.79 Å². The number of allylic oxidation sites excluding steroid dienone is 1. The molecule has 5 atom stereocenters. The van der Waals surface area contributed by atoms with Gasteiger partial charge in [-0.2, -0.15) is 0 Å². The largest absolute Gasteiger partial charge is 0.494 e. The minimum atomic E-state index is -1.69. The molecule has 2 saturated heterocycles. The first-order valence-corrected chi connectivity index (χ1v) is 18.3. The van der Waals surface area contributed by atoms with Crippen LogP contribution in [0.5, 0.6) is 11.5 Å². The van der Waals surface area contributed by atoms with Gasteiger partial charge < -0.3 is 38.3 Å². The SMILES string of the molecule is CCCCCCOc1ccc(OCC/C=C/[C@H]2CC[C@H](O)[C@@H]2CC=C=CCC(OC2CCCCO2)(OC2CCCCO2)C(=O)OC)cc1. The lowest BCUT2D eigenvalue weighted by molar-refractivity contribution is -0.350. The minimum Gasteiger partial charge on any atom is -0.494 e. The monoisotopic (exact) mass is 670 g/mol. The Labute approximate surface area is 287 Å². The summed E-state index contributed by atoms with van der Waals surface area (Å²) in [6.45, 7) is 4.70. The number of ether oxygens (including phenoxy) is 7. The van der Waals surface area contributed by atoms with Crippen molar-refractivity contribution in [2.75, 3.05) is 33.5 Å². The molecular formula is C39H58O9. The van der Waals surface area contributed by atoms with E-state index in [0.29, 0.717) is 39.1 Å². The van der Waals surface area contributed by atoms with Crippen molar-refractivity contribution in [3.05, 3.63) is 54.3 Å². The fraction of sp³-hybridized carbons (Fsp3) is 0.692. The van der Waals surface area contributed by atoms with Gasteiger partial charge in [0.2, 0.25) is 0 Å². The Bertz CT molecular complexity index is 1110. The average molecular weight is 671 g/mol. The van der Waals surface area contributed by atoms with Gasteiger partial charge in [-0.3, -0.25) is 0 Å². The van der Waals surface area contributed by atoms with Gasteiger partial charge in [-0.15, -0.1) is 5.73 Å². The van der Waals surface area contributed by atoms with E-state index in [-0.39, 0.29) is 24.4 Å². The van der Waals surface area contributed by atoms with Gasteiger partial charge in [0.1, 0.15) is 11.5 Å². The number of rotatable bonds is 20. The van der Waals surface area contributed by atoms with Crippen LogP contribution in [-0.4, -0.2) is 69.1 Å². The predicted molar refractivity (Wildman–Crippen MR) is 184 cm³/mol. The van der Waals surface area contributed by atoms with E-state index in [9.17, 15) is 9.90 Å². The maximum Gasteiger partial charge on any atom is 0.367 e. The lowest BCUT2D eigenvalue weighted by Crippen LogP contribution is -2.51. The van der Waals surface area contributed by atoms with Crippen LogP contribution in [-0.2, 0) is 28.5 Å². The third-order valence-electron chi connectivity index (χ3n) is 9.28. The van der Waals surface area contributed by atoms with Crippen LogP contribution in [0.25, 0.3) is 0 Å². The number of benzene rings is 1. The van der Waals surface area contributed by atoms with Crippen LogP contribution >= 0.6 is 0 Å². The van der Waals surface area contributed by atoms with Crippen LogP contribution in [0.2, 0.25) is 0 Å².